The van der Waals surface area contributed by atoms with Gasteiger partial charge in [0, 0.05) is 49.3 Å². The molecule has 1 aliphatic heterocycles. The summed E-state index contributed by atoms with van der Waals surface area (Å²) in [5.74, 6) is 0.634. The second-order valence-electron chi connectivity index (χ2n) is 6.73. The number of piperazine rings is 1. The van der Waals surface area contributed by atoms with Crippen LogP contribution in [0.3, 0.4) is 0 Å². The SMILES string of the molecule is O=c1c2cnc(N3CCN(c4ccc(Cl)cc4)CC3)nc2ccn1-n1cnnc1. The van der Waals surface area contributed by atoms with E-state index < -0.39 is 0 Å². The summed E-state index contributed by atoms with van der Waals surface area (Å²) in [5.41, 5.74) is 1.55. The predicted octanol–water partition coefficient (Wildman–Crippen LogP) is 1.67. The number of benzene rings is 1. The maximum atomic E-state index is 12.7. The molecular formula is C19H17ClN8O. The van der Waals surface area contributed by atoms with Gasteiger partial charge in [0.15, 0.2) is 0 Å². The van der Waals surface area contributed by atoms with Gasteiger partial charge in [0.1, 0.15) is 12.7 Å². The molecule has 146 valence electrons. The molecule has 4 aromatic rings. The lowest BCUT2D eigenvalue weighted by molar-refractivity contribution is 0.630. The monoisotopic (exact) mass is 408 g/mol. The van der Waals surface area contributed by atoms with Crippen molar-refractivity contribution in [2.24, 2.45) is 0 Å². The molecule has 0 bridgehead atoms. The van der Waals surface area contributed by atoms with Crippen molar-refractivity contribution >= 4 is 34.1 Å². The van der Waals surface area contributed by atoms with Crippen molar-refractivity contribution in [3.05, 3.63) is 70.8 Å². The summed E-state index contributed by atoms with van der Waals surface area (Å²) in [7, 11) is 0. The van der Waals surface area contributed by atoms with E-state index >= 15 is 0 Å². The molecule has 1 fully saturated rings. The first kappa shape index (κ1) is 17.6. The highest BCUT2D eigenvalue weighted by Gasteiger charge is 2.20. The quantitative estimate of drug-likeness (QED) is 0.509. The van der Waals surface area contributed by atoms with E-state index in [1.165, 1.54) is 22.0 Å². The van der Waals surface area contributed by atoms with Gasteiger partial charge in [0.25, 0.3) is 5.56 Å². The summed E-state index contributed by atoms with van der Waals surface area (Å²) >= 11 is 5.98. The minimum atomic E-state index is -0.221. The maximum Gasteiger partial charge on any atom is 0.280 e. The first-order valence-electron chi connectivity index (χ1n) is 9.18. The standard InChI is InChI=1S/C19H17ClN8O/c20-14-1-3-15(4-2-14)25-7-9-26(10-8-25)19-21-11-16-17(24-19)5-6-28(18(16)29)27-12-22-23-13-27/h1-6,11-13H,7-10H2. The number of rotatable bonds is 3. The topological polar surface area (TPSA) is 85.0 Å². The van der Waals surface area contributed by atoms with Crippen LogP contribution in [0, 0.1) is 0 Å². The van der Waals surface area contributed by atoms with Gasteiger partial charge in [-0.15, -0.1) is 10.2 Å². The Hall–Kier alpha value is -3.46. The molecule has 1 aliphatic rings. The third-order valence-corrected chi connectivity index (χ3v) is 5.28. The highest BCUT2D eigenvalue weighted by atomic mass is 35.5. The smallest absolute Gasteiger partial charge is 0.280 e. The lowest BCUT2D eigenvalue weighted by Crippen LogP contribution is -2.47. The summed E-state index contributed by atoms with van der Waals surface area (Å²) in [6.45, 7) is 3.31. The Kier molecular flexibility index (Phi) is 4.36. The molecule has 0 N–H and O–H groups in total. The van der Waals surface area contributed by atoms with Gasteiger partial charge < -0.3 is 9.80 Å². The minimum absolute atomic E-state index is 0.221. The lowest BCUT2D eigenvalue weighted by atomic mass is 10.2. The molecule has 0 radical (unpaired) electrons. The minimum Gasteiger partial charge on any atom is -0.368 e. The fourth-order valence-electron chi connectivity index (χ4n) is 3.47. The summed E-state index contributed by atoms with van der Waals surface area (Å²) in [6.07, 6.45) is 6.17. The van der Waals surface area contributed by atoms with Gasteiger partial charge in [-0.05, 0) is 30.3 Å². The fourth-order valence-corrected chi connectivity index (χ4v) is 3.59. The van der Waals surface area contributed by atoms with Crippen LogP contribution >= 0.6 is 11.6 Å². The largest absolute Gasteiger partial charge is 0.368 e. The Balaban J connectivity index is 1.37. The third kappa shape index (κ3) is 3.29. The summed E-state index contributed by atoms with van der Waals surface area (Å²) in [4.78, 5) is 26.2. The van der Waals surface area contributed by atoms with Gasteiger partial charge in [0.05, 0.1) is 10.9 Å². The van der Waals surface area contributed by atoms with Crippen LogP contribution in [0.5, 0.6) is 0 Å². The molecule has 0 amide bonds. The average Bonchev–Trinajstić information content (AvgIpc) is 3.29. The number of aromatic nitrogens is 6. The number of pyridine rings is 1. The van der Waals surface area contributed by atoms with E-state index in [-0.39, 0.29) is 5.56 Å². The van der Waals surface area contributed by atoms with Crippen molar-refractivity contribution in [3.63, 3.8) is 0 Å². The molecule has 0 aliphatic carbocycles. The third-order valence-electron chi connectivity index (χ3n) is 5.03. The number of hydrogen-bond donors (Lipinski definition) is 0. The summed E-state index contributed by atoms with van der Waals surface area (Å²) in [6, 6.07) is 9.67. The molecule has 0 spiro atoms. The lowest BCUT2D eigenvalue weighted by Gasteiger charge is -2.36. The zero-order valence-electron chi connectivity index (χ0n) is 15.4. The van der Waals surface area contributed by atoms with Crippen LogP contribution in [0.25, 0.3) is 10.9 Å². The highest BCUT2D eigenvalue weighted by Crippen LogP contribution is 2.21. The van der Waals surface area contributed by atoms with Gasteiger partial charge >= 0.3 is 0 Å². The van der Waals surface area contributed by atoms with Crippen molar-refractivity contribution in [1.29, 1.82) is 0 Å². The zero-order chi connectivity index (χ0) is 19.8. The van der Waals surface area contributed by atoms with Crippen molar-refractivity contribution in [3.8, 4) is 0 Å². The molecule has 1 aromatic carbocycles. The number of hydrogen-bond acceptors (Lipinski definition) is 7. The van der Waals surface area contributed by atoms with Crippen molar-refractivity contribution in [1.82, 2.24) is 29.5 Å². The molecule has 0 saturated carbocycles. The van der Waals surface area contributed by atoms with Crippen LogP contribution in [-0.2, 0) is 0 Å². The van der Waals surface area contributed by atoms with E-state index in [1.807, 2.05) is 24.3 Å². The number of anilines is 2. The Bertz CT molecular complexity index is 1200. The molecule has 10 heteroatoms. The molecule has 29 heavy (non-hydrogen) atoms. The van der Waals surface area contributed by atoms with Crippen LogP contribution in [0.2, 0.25) is 5.02 Å². The molecule has 0 atom stereocenters. The second kappa shape index (κ2) is 7.17. The summed E-state index contributed by atoms with van der Waals surface area (Å²) in [5, 5.41) is 8.65. The molecule has 0 unspecified atom stereocenters. The van der Waals surface area contributed by atoms with Gasteiger partial charge in [-0.2, -0.15) is 0 Å². The van der Waals surface area contributed by atoms with E-state index in [2.05, 4.69) is 30.0 Å². The van der Waals surface area contributed by atoms with E-state index in [1.54, 1.807) is 18.5 Å². The normalized spacial score (nSPS) is 14.5. The van der Waals surface area contributed by atoms with Crippen LogP contribution in [0.15, 0.2) is 60.2 Å². The predicted molar refractivity (Wildman–Crippen MR) is 110 cm³/mol. The van der Waals surface area contributed by atoms with Crippen molar-refractivity contribution in [2.45, 2.75) is 0 Å². The Labute approximate surface area is 170 Å². The van der Waals surface area contributed by atoms with Crippen LogP contribution in [0.4, 0.5) is 11.6 Å². The van der Waals surface area contributed by atoms with Crippen LogP contribution in [0.1, 0.15) is 0 Å². The average molecular weight is 409 g/mol. The van der Waals surface area contributed by atoms with E-state index in [0.717, 1.165) is 36.9 Å². The first-order valence-corrected chi connectivity index (χ1v) is 9.56. The van der Waals surface area contributed by atoms with Gasteiger partial charge in [-0.25, -0.2) is 19.3 Å². The van der Waals surface area contributed by atoms with Gasteiger partial charge in [-0.3, -0.25) is 4.79 Å². The number of halogens is 1. The molecule has 5 rings (SSSR count). The van der Waals surface area contributed by atoms with E-state index in [9.17, 15) is 4.79 Å². The Morgan fingerprint density at radius 3 is 2.31 bits per heavy atom. The second-order valence-corrected chi connectivity index (χ2v) is 7.16. The molecular weight excluding hydrogens is 392 g/mol. The van der Waals surface area contributed by atoms with E-state index in [4.69, 9.17) is 11.6 Å². The molecule has 9 nitrogen and oxygen atoms in total. The number of fused-ring (bicyclic) bond motifs is 1. The fraction of sp³-hybridized carbons (Fsp3) is 0.211. The van der Waals surface area contributed by atoms with Gasteiger partial charge in [0.2, 0.25) is 5.95 Å². The van der Waals surface area contributed by atoms with Crippen LogP contribution in [-0.4, -0.2) is 55.7 Å². The maximum absolute atomic E-state index is 12.7. The first-order chi connectivity index (χ1) is 14.2. The Morgan fingerprint density at radius 2 is 1.59 bits per heavy atom. The summed E-state index contributed by atoms with van der Waals surface area (Å²) < 4.78 is 2.92. The van der Waals surface area contributed by atoms with Gasteiger partial charge in [-0.1, -0.05) is 11.6 Å². The molecule has 4 heterocycles. The molecule has 3 aromatic heterocycles. The Morgan fingerprint density at radius 1 is 0.897 bits per heavy atom. The van der Waals surface area contributed by atoms with E-state index in [0.29, 0.717) is 16.9 Å². The van der Waals surface area contributed by atoms with Crippen molar-refractivity contribution < 1.29 is 0 Å². The number of nitrogens with zero attached hydrogens (tertiary/aromatic N) is 8. The van der Waals surface area contributed by atoms with Crippen LogP contribution < -0.4 is 15.4 Å². The highest BCUT2D eigenvalue weighted by molar-refractivity contribution is 6.30. The molecule has 1 saturated heterocycles. The van der Waals surface area contributed by atoms with Crippen molar-refractivity contribution in [2.75, 3.05) is 36.0 Å². The zero-order valence-corrected chi connectivity index (χ0v) is 16.1.